The van der Waals surface area contributed by atoms with Gasteiger partial charge in [-0.05, 0) is 61.4 Å². The van der Waals surface area contributed by atoms with Crippen molar-refractivity contribution in [3.8, 4) is 11.1 Å². The first-order chi connectivity index (χ1) is 32.2. The number of nitrogens with one attached hydrogen (secondary N) is 1. The van der Waals surface area contributed by atoms with Gasteiger partial charge < -0.3 is 32.1 Å². The number of ketones is 3. The monoisotopic (exact) mass is 963 g/mol. The quantitative estimate of drug-likeness (QED) is 0.0396. The molecular weight excluding hydrogens is 909 g/mol. The Morgan fingerprint density at radius 1 is 0.721 bits per heavy atom. The molecule has 20 heteroatoms. The van der Waals surface area contributed by atoms with Crippen LogP contribution in [0.25, 0.3) is 11.1 Å². The summed E-state index contributed by atoms with van der Waals surface area (Å²) in [5.41, 5.74) is 12.0. The number of carbonyl (C=O) groups is 7. The van der Waals surface area contributed by atoms with Crippen LogP contribution in [0, 0.1) is 30.4 Å². The van der Waals surface area contributed by atoms with Gasteiger partial charge in [-0.1, -0.05) is 60.7 Å². The molecule has 0 aliphatic heterocycles. The Balaban J connectivity index is 1.40. The molecule has 0 fully saturated rings. The number of benzene rings is 3. The number of rotatable bonds is 28. The zero-order valence-electron chi connectivity index (χ0n) is 37.3. The van der Waals surface area contributed by atoms with Gasteiger partial charge in [0.15, 0.2) is 0 Å². The van der Waals surface area contributed by atoms with Gasteiger partial charge in [0.1, 0.15) is 35.0 Å². The van der Waals surface area contributed by atoms with E-state index in [1.807, 2.05) is 0 Å². The van der Waals surface area contributed by atoms with Gasteiger partial charge in [0.05, 0.1) is 36.5 Å². The number of carboxylic acids is 3. The zero-order valence-corrected chi connectivity index (χ0v) is 38.2. The minimum absolute atomic E-state index is 0.0443. The molecule has 1 amide bonds. The van der Waals surface area contributed by atoms with Crippen LogP contribution >= 0.6 is 12.6 Å². The Labute approximate surface area is 395 Å². The second-order valence-electron chi connectivity index (χ2n) is 16.5. The van der Waals surface area contributed by atoms with E-state index >= 15 is 0 Å². The van der Waals surface area contributed by atoms with Crippen molar-refractivity contribution in [3.05, 3.63) is 128 Å². The Morgan fingerprint density at radius 2 is 1.35 bits per heavy atom. The smallest absolute Gasteiger partial charge is 0.331 e. The number of hydrogen-bond donors (Lipinski definition) is 7. The first kappa shape index (κ1) is 54.0. The zero-order chi connectivity index (χ0) is 50.2. The van der Waals surface area contributed by atoms with E-state index in [1.165, 1.54) is 13.0 Å². The average Bonchev–Trinajstić information content (AvgIpc) is 3.30. The third kappa shape index (κ3) is 15.2. The third-order valence-electron chi connectivity index (χ3n) is 11.6. The van der Waals surface area contributed by atoms with Crippen LogP contribution in [0.3, 0.4) is 0 Å². The topological polar surface area (TPSA) is 288 Å². The van der Waals surface area contributed by atoms with E-state index < -0.39 is 119 Å². The van der Waals surface area contributed by atoms with Crippen molar-refractivity contribution < 1.29 is 57.7 Å². The van der Waals surface area contributed by atoms with E-state index in [-0.39, 0.29) is 74.9 Å². The van der Waals surface area contributed by atoms with Gasteiger partial charge in [0.25, 0.3) is 5.56 Å². The standard InChI is InChI=1S/C48H55F2N5O12S/c1-27-43(44(60)55(25-39(52)29-8-3-2-4-9-29)48(67)54(27)24-35-36(49)11-6-12-37(35)50)30-10-5-7-28(21-30)13-15-34(57)22-31(45(61)62)14-20-42(59)53-40(47(65)66)19-17-33(56)16-18-38(51)41(58)23-32(26-68)46(63)64/h2-12,21,31-32,38-40,68H,13-20,22-26,51-52H2,1H3,(H,53,59)(H,61,62)(H,63,64)(H,65,66)/t31?,32?,38?,39-,40?/m0/s1. The van der Waals surface area contributed by atoms with Gasteiger partial charge in [-0.3, -0.25) is 42.7 Å². The largest absolute Gasteiger partial charge is 0.481 e. The maximum atomic E-state index is 14.9. The second kappa shape index (κ2) is 25.5. The van der Waals surface area contributed by atoms with Crippen LogP contribution in [0.5, 0.6) is 0 Å². The van der Waals surface area contributed by atoms with Crippen LogP contribution in [-0.4, -0.2) is 83.5 Å². The SMILES string of the molecule is Cc1c(-c2cccc(CCC(=O)CC(CCC(=O)NC(CCC(=O)CCC(N)C(=O)CC(CS)C(=O)O)C(=O)O)C(=O)O)c2)c(=O)n(C[C@H](N)c2ccccc2)c(=O)n1Cc1c(F)cccc1F. The van der Waals surface area contributed by atoms with Gasteiger partial charge in [0, 0.05) is 61.6 Å². The Morgan fingerprint density at radius 3 is 1.97 bits per heavy atom. The molecule has 4 unspecified atom stereocenters. The molecule has 0 aliphatic rings. The molecular formula is C48H55F2N5O12S. The van der Waals surface area contributed by atoms with Gasteiger partial charge in [-0.2, -0.15) is 12.6 Å². The lowest BCUT2D eigenvalue weighted by atomic mass is 9.93. The fourth-order valence-corrected chi connectivity index (χ4v) is 7.83. The number of carbonyl (C=O) groups excluding carboxylic acids is 4. The highest BCUT2D eigenvalue weighted by Crippen LogP contribution is 2.24. The summed E-state index contributed by atoms with van der Waals surface area (Å²) in [6, 6.07) is 15.1. The van der Waals surface area contributed by atoms with E-state index in [0.29, 0.717) is 16.7 Å². The number of nitrogens with zero attached hydrogens (tertiary/aromatic N) is 2. The lowest BCUT2D eigenvalue weighted by Gasteiger charge is -2.20. The molecule has 4 rings (SSSR count). The highest BCUT2D eigenvalue weighted by Gasteiger charge is 2.28. The third-order valence-corrected chi connectivity index (χ3v) is 12.1. The molecule has 3 aromatic carbocycles. The highest BCUT2D eigenvalue weighted by molar-refractivity contribution is 7.80. The van der Waals surface area contributed by atoms with Crippen LogP contribution in [-0.2, 0) is 53.1 Å². The fourth-order valence-electron chi connectivity index (χ4n) is 7.54. The lowest BCUT2D eigenvalue weighted by Crippen LogP contribution is -2.44. The fraction of sp³-hybridized carbons (Fsp3) is 0.396. The highest BCUT2D eigenvalue weighted by atomic mass is 32.1. The molecule has 8 N–H and O–H groups in total. The molecule has 4 aromatic rings. The first-order valence-electron chi connectivity index (χ1n) is 21.8. The van der Waals surface area contributed by atoms with Crippen LogP contribution < -0.4 is 28.0 Å². The molecule has 0 saturated heterocycles. The molecule has 0 radical (unpaired) electrons. The predicted octanol–water partition coefficient (Wildman–Crippen LogP) is 4.00. The van der Waals surface area contributed by atoms with E-state index in [4.69, 9.17) is 16.6 Å². The number of thiol groups is 1. The van der Waals surface area contributed by atoms with E-state index in [0.717, 1.165) is 21.3 Å². The van der Waals surface area contributed by atoms with Crippen molar-refractivity contribution >= 4 is 53.8 Å². The van der Waals surface area contributed by atoms with Gasteiger partial charge in [-0.15, -0.1) is 0 Å². The minimum Gasteiger partial charge on any atom is -0.481 e. The first-order valence-corrected chi connectivity index (χ1v) is 22.4. The number of Topliss-reactive ketones (excluding diaryl/α,β-unsaturated/α-hetero) is 3. The second-order valence-corrected chi connectivity index (χ2v) is 16.9. The van der Waals surface area contributed by atoms with Crippen molar-refractivity contribution in [1.82, 2.24) is 14.5 Å². The van der Waals surface area contributed by atoms with Crippen molar-refractivity contribution in [2.45, 2.75) is 102 Å². The van der Waals surface area contributed by atoms with Crippen molar-refractivity contribution in [2.24, 2.45) is 23.3 Å². The summed E-state index contributed by atoms with van der Waals surface area (Å²) >= 11 is 3.91. The summed E-state index contributed by atoms with van der Waals surface area (Å²) in [7, 11) is 0. The normalized spacial score (nSPS) is 13.4. The average molecular weight is 964 g/mol. The molecule has 364 valence electrons. The number of hydrogen-bond acceptors (Lipinski definition) is 12. The van der Waals surface area contributed by atoms with E-state index in [9.17, 15) is 62.1 Å². The summed E-state index contributed by atoms with van der Waals surface area (Å²) in [6.45, 7) is 0.665. The molecule has 1 heterocycles. The Bertz CT molecular complexity index is 2600. The minimum atomic E-state index is -1.51. The number of aromatic nitrogens is 2. The van der Waals surface area contributed by atoms with Gasteiger partial charge in [-0.25, -0.2) is 18.4 Å². The molecule has 17 nitrogen and oxygen atoms in total. The summed E-state index contributed by atoms with van der Waals surface area (Å²) in [5.74, 6) is -10.5. The van der Waals surface area contributed by atoms with E-state index in [2.05, 4.69) is 17.9 Å². The predicted molar refractivity (Wildman–Crippen MR) is 248 cm³/mol. The maximum Gasteiger partial charge on any atom is 0.331 e. The molecule has 0 bridgehead atoms. The lowest BCUT2D eigenvalue weighted by molar-refractivity contribution is -0.145. The summed E-state index contributed by atoms with van der Waals surface area (Å²) < 4.78 is 31.8. The molecule has 0 saturated carbocycles. The summed E-state index contributed by atoms with van der Waals surface area (Å²) in [6.07, 6.45) is -2.56. The Hall–Kier alpha value is -6.64. The van der Waals surface area contributed by atoms with Crippen molar-refractivity contribution in [2.75, 3.05) is 5.75 Å². The number of halogens is 2. The number of carboxylic acid groups (broad SMARTS) is 3. The van der Waals surface area contributed by atoms with Crippen LogP contribution in [0.1, 0.15) is 86.2 Å². The van der Waals surface area contributed by atoms with Crippen LogP contribution in [0.2, 0.25) is 0 Å². The number of nitrogens with two attached hydrogens (primary N) is 2. The maximum absolute atomic E-state index is 14.9. The van der Waals surface area contributed by atoms with E-state index in [1.54, 1.807) is 54.6 Å². The van der Waals surface area contributed by atoms with Crippen LogP contribution in [0.15, 0.2) is 82.4 Å². The molecule has 0 spiro atoms. The van der Waals surface area contributed by atoms with Crippen molar-refractivity contribution in [3.63, 3.8) is 0 Å². The van der Waals surface area contributed by atoms with Gasteiger partial charge in [0.2, 0.25) is 5.91 Å². The number of aryl methyl sites for hydroxylation is 1. The summed E-state index contributed by atoms with van der Waals surface area (Å²) in [5, 5.41) is 30.9. The number of amides is 1. The Kier molecular flexibility index (Phi) is 20.2. The summed E-state index contributed by atoms with van der Waals surface area (Å²) in [4.78, 5) is 114. The molecule has 1 aromatic heterocycles. The molecule has 5 atom stereocenters. The number of aliphatic carboxylic acids is 3. The van der Waals surface area contributed by atoms with Crippen molar-refractivity contribution in [1.29, 1.82) is 0 Å². The van der Waals surface area contributed by atoms with Crippen LogP contribution in [0.4, 0.5) is 8.78 Å². The van der Waals surface area contributed by atoms with Gasteiger partial charge >= 0.3 is 23.6 Å². The molecule has 68 heavy (non-hydrogen) atoms. The molecule has 0 aliphatic carbocycles.